The van der Waals surface area contributed by atoms with Crippen LogP contribution >= 0.6 is 0 Å². The Kier molecular flexibility index (Phi) is 3.45. The first kappa shape index (κ1) is 9.73. The Morgan fingerprint density at radius 1 is 1.38 bits per heavy atom. The van der Waals surface area contributed by atoms with Crippen molar-refractivity contribution in [2.45, 2.75) is 25.7 Å². The molecular weight excluding hydrogens is 165 g/mol. The summed E-state index contributed by atoms with van der Waals surface area (Å²) >= 11 is 0. The number of nitrogens with zero attached hydrogens (tertiary/aromatic N) is 1. The molecule has 1 rings (SSSR count). The maximum Gasteiger partial charge on any atom is 0.123 e. The van der Waals surface area contributed by atoms with Gasteiger partial charge in [0.05, 0.1) is 6.07 Å². The van der Waals surface area contributed by atoms with E-state index in [0.717, 1.165) is 12.0 Å². The minimum Gasteiger partial charge on any atom is -0.207 e. The summed E-state index contributed by atoms with van der Waals surface area (Å²) in [4.78, 5) is 0. The first-order valence-electron chi connectivity index (χ1n) is 4.36. The SMILES string of the molecule is CC(CCC#N)c1ccc(F)cc1. The highest BCUT2D eigenvalue weighted by Crippen LogP contribution is 2.20. The normalized spacial score (nSPS) is 12.1. The molecule has 1 aromatic carbocycles. The van der Waals surface area contributed by atoms with Crippen LogP contribution in [-0.2, 0) is 0 Å². The fraction of sp³-hybridized carbons (Fsp3) is 0.364. The van der Waals surface area contributed by atoms with Crippen molar-refractivity contribution in [1.82, 2.24) is 0 Å². The van der Waals surface area contributed by atoms with E-state index in [1.165, 1.54) is 12.1 Å². The van der Waals surface area contributed by atoms with Crippen molar-refractivity contribution >= 4 is 0 Å². The van der Waals surface area contributed by atoms with E-state index in [1.54, 1.807) is 12.1 Å². The molecule has 0 aliphatic rings. The monoisotopic (exact) mass is 177 g/mol. The Morgan fingerprint density at radius 3 is 2.54 bits per heavy atom. The van der Waals surface area contributed by atoms with Gasteiger partial charge in [0.1, 0.15) is 5.82 Å². The Labute approximate surface area is 77.8 Å². The molecule has 0 amide bonds. The molecule has 0 saturated heterocycles. The van der Waals surface area contributed by atoms with E-state index < -0.39 is 0 Å². The van der Waals surface area contributed by atoms with Crippen LogP contribution in [0.2, 0.25) is 0 Å². The van der Waals surface area contributed by atoms with Gasteiger partial charge in [0.2, 0.25) is 0 Å². The van der Waals surface area contributed by atoms with Crippen molar-refractivity contribution in [2.24, 2.45) is 0 Å². The molecule has 68 valence electrons. The van der Waals surface area contributed by atoms with Crippen LogP contribution in [0.5, 0.6) is 0 Å². The number of hydrogen-bond donors (Lipinski definition) is 0. The third-order valence-electron chi connectivity index (χ3n) is 2.13. The average molecular weight is 177 g/mol. The molecule has 0 N–H and O–H groups in total. The highest BCUT2D eigenvalue weighted by Gasteiger charge is 2.04. The summed E-state index contributed by atoms with van der Waals surface area (Å²) in [7, 11) is 0. The molecular formula is C11H12FN. The molecule has 0 aliphatic carbocycles. The number of benzene rings is 1. The Bertz CT molecular complexity index is 297. The molecule has 0 fully saturated rings. The van der Waals surface area contributed by atoms with E-state index >= 15 is 0 Å². The van der Waals surface area contributed by atoms with E-state index in [1.807, 2.05) is 6.92 Å². The first-order chi connectivity index (χ1) is 6.24. The summed E-state index contributed by atoms with van der Waals surface area (Å²) in [6.07, 6.45) is 1.39. The van der Waals surface area contributed by atoms with Crippen LogP contribution < -0.4 is 0 Å². The van der Waals surface area contributed by atoms with Gasteiger partial charge in [0, 0.05) is 6.42 Å². The van der Waals surface area contributed by atoms with Gasteiger partial charge in [-0.05, 0) is 30.0 Å². The number of nitriles is 1. The fourth-order valence-corrected chi connectivity index (χ4v) is 1.24. The molecule has 1 unspecified atom stereocenters. The summed E-state index contributed by atoms with van der Waals surface area (Å²) in [5.74, 6) is 0.122. The van der Waals surface area contributed by atoms with Gasteiger partial charge >= 0.3 is 0 Å². The number of rotatable bonds is 3. The van der Waals surface area contributed by atoms with Crippen LogP contribution in [0, 0.1) is 17.1 Å². The fourth-order valence-electron chi connectivity index (χ4n) is 1.24. The second-order valence-electron chi connectivity index (χ2n) is 3.15. The van der Waals surface area contributed by atoms with E-state index in [-0.39, 0.29) is 5.82 Å². The highest BCUT2D eigenvalue weighted by molar-refractivity contribution is 5.19. The standard InChI is InChI=1S/C11H12FN/c1-9(3-2-8-13)10-4-6-11(12)7-5-10/h4-7,9H,2-3H2,1H3. The van der Waals surface area contributed by atoms with Crippen molar-refractivity contribution in [2.75, 3.05) is 0 Å². The molecule has 1 atom stereocenters. The van der Waals surface area contributed by atoms with Crippen LogP contribution in [0.1, 0.15) is 31.2 Å². The summed E-state index contributed by atoms with van der Waals surface area (Å²) in [6, 6.07) is 8.57. The molecule has 0 heterocycles. The van der Waals surface area contributed by atoms with Gasteiger partial charge in [0.15, 0.2) is 0 Å². The zero-order valence-corrected chi connectivity index (χ0v) is 7.63. The van der Waals surface area contributed by atoms with Crippen molar-refractivity contribution in [3.63, 3.8) is 0 Å². The lowest BCUT2D eigenvalue weighted by atomic mass is 9.97. The minimum atomic E-state index is -0.212. The lowest BCUT2D eigenvalue weighted by molar-refractivity contribution is 0.623. The van der Waals surface area contributed by atoms with Gasteiger partial charge in [-0.2, -0.15) is 5.26 Å². The summed E-state index contributed by atoms with van der Waals surface area (Å²) in [5.41, 5.74) is 1.09. The molecule has 0 spiro atoms. The zero-order valence-electron chi connectivity index (χ0n) is 7.63. The van der Waals surface area contributed by atoms with Crippen molar-refractivity contribution in [1.29, 1.82) is 5.26 Å². The van der Waals surface area contributed by atoms with Gasteiger partial charge < -0.3 is 0 Å². The van der Waals surface area contributed by atoms with Crippen molar-refractivity contribution in [3.8, 4) is 6.07 Å². The Hall–Kier alpha value is -1.36. The number of hydrogen-bond acceptors (Lipinski definition) is 1. The quantitative estimate of drug-likeness (QED) is 0.695. The third-order valence-corrected chi connectivity index (χ3v) is 2.13. The van der Waals surface area contributed by atoms with Gasteiger partial charge in [-0.15, -0.1) is 0 Å². The highest BCUT2D eigenvalue weighted by atomic mass is 19.1. The Balaban J connectivity index is 2.62. The molecule has 0 aliphatic heterocycles. The molecule has 1 nitrogen and oxygen atoms in total. The second-order valence-corrected chi connectivity index (χ2v) is 3.15. The smallest absolute Gasteiger partial charge is 0.123 e. The van der Waals surface area contributed by atoms with Gasteiger partial charge in [0.25, 0.3) is 0 Å². The summed E-state index contributed by atoms with van der Waals surface area (Å²) < 4.78 is 12.5. The van der Waals surface area contributed by atoms with Gasteiger partial charge in [-0.1, -0.05) is 19.1 Å². The summed E-state index contributed by atoms with van der Waals surface area (Å²) in [6.45, 7) is 2.05. The Morgan fingerprint density at radius 2 is 2.00 bits per heavy atom. The maximum atomic E-state index is 12.5. The molecule has 0 radical (unpaired) electrons. The van der Waals surface area contributed by atoms with Crippen molar-refractivity contribution < 1.29 is 4.39 Å². The van der Waals surface area contributed by atoms with Gasteiger partial charge in [-0.3, -0.25) is 0 Å². The maximum absolute atomic E-state index is 12.5. The molecule has 2 heteroatoms. The van der Waals surface area contributed by atoms with E-state index in [2.05, 4.69) is 6.07 Å². The minimum absolute atomic E-state index is 0.212. The molecule has 1 aromatic rings. The van der Waals surface area contributed by atoms with Crippen LogP contribution in [0.4, 0.5) is 4.39 Å². The van der Waals surface area contributed by atoms with Crippen LogP contribution in [0.3, 0.4) is 0 Å². The van der Waals surface area contributed by atoms with E-state index in [9.17, 15) is 4.39 Å². The second kappa shape index (κ2) is 4.61. The van der Waals surface area contributed by atoms with Crippen LogP contribution in [-0.4, -0.2) is 0 Å². The zero-order chi connectivity index (χ0) is 9.68. The van der Waals surface area contributed by atoms with Crippen molar-refractivity contribution in [3.05, 3.63) is 35.6 Å². The largest absolute Gasteiger partial charge is 0.207 e. The van der Waals surface area contributed by atoms with Crippen LogP contribution in [0.25, 0.3) is 0 Å². The van der Waals surface area contributed by atoms with E-state index in [4.69, 9.17) is 5.26 Å². The first-order valence-corrected chi connectivity index (χ1v) is 4.36. The van der Waals surface area contributed by atoms with Gasteiger partial charge in [-0.25, -0.2) is 4.39 Å². The number of halogens is 1. The summed E-state index contributed by atoms with van der Waals surface area (Å²) in [5, 5.41) is 8.40. The molecule has 0 bridgehead atoms. The topological polar surface area (TPSA) is 23.8 Å². The predicted molar refractivity (Wildman–Crippen MR) is 49.7 cm³/mol. The average Bonchev–Trinajstić information content (AvgIpc) is 2.15. The lowest BCUT2D eigenvalue weighted by Crippen LogP contribution is -1.92. The molecule has 13 heavy (non-hydrogen) atoms. The molecule has 0 saturated carbocycles. The van der Waals surface area contributed by atoms with E-state index in [0.29, 0.717) is 12.3 Å². The molecule has 0 aromatic heterocycles. The third kappa shape index (κ3) is 2.87. The van der Waals surface area contributed by atoms with Crippen LogP contribution in [0.15, 0.2) is 24.3 Å². The predicted octanol–water partition coefficient (Wildman–Crippen LogP) is 3.23. The lowest BCUT2D eigenvalue weighted by Gasteiger charge is -2.08.